The SMILES string of the molecule is CN1C(=O)[C@@H](NC(=O)n2cc(Cc3ccc(F)cc3)cn2)COc2ccc(C#CC3(O)CC4(COC4)C3)cc21. The zero-order chi connectivity index (χ0) is 27.2. The average molecular weight is 531 g/mol. The van der Waals surface area contributed by atoms with Gasteiger partial charge in [0.1, 0.15) is 29.8 Å². The predicted molar refractivity (Wildman–Crippen MR) is 139 cm³/mol. The molecule has 2 fully saturated rings. The molecule has 1 atom stereocenters. The minimum absolute atomic E-state index is 0.0550. The quantitative estimate of drug-likeness (QED) is 0.504. The number of nitrogens with zero attached hydrogens (tertiary/aromatic N) is 3. The van der Waals surface area contributed by atoms with Gasteiger partial charge in [0, 0.05) is 30.6 Å². The van der Waals surface area contributed by atoms with Crippen LogP contribution in [0.15, 0.2) is 54.9 Å². The van der Waals surface area contributed by atoms with Crippen molar-refractivity contribution < 1.29 is 28.6 Å². The lowest BCUT2D eigenvalue weighted by Gasteiger charge is -2.55. The summed E-state index contributed by atoms with van der Waals surface area (Å²) in [5.41, 5.74) is 1.87. The normalized spacial score (nSPS) is 20.4. The Morgan fingerprint density at radius 2 is 1.97 bits per heavy atom. The average Bonchev–Trinajstić information content (AvgIpc) is 3.32. The molecule has 3 heterocycles. The zero-order valence-electron chi connectivity index (χ0n) is 21.3. The fraction of sp³-hybridized carbons (Fsp3) is 0.345. The first-order valence-corrected chi connectivity index (χ1v) is 12.7. The number of anilines is 1. The van der Waals surface area contributed by atoms with Crippen molar-refractivity contribution in [1.29, 1.82) is 0 Å². The molecule has 1 saturated heterocycles. The lowest BCUT2D eigenvalue weighted by Crippen LogP contribution is -2.60. The van der Waals surface area contributed by atoms with Crippen LogP contribution in [0.5, 0.6) is 5.75 Å². The van der Waals surface area contributed by atoms with E-state index < -0.39 is 17.7 Å². The Labute approximate surface area is 224 Å². The molecule has 0 radical (unpaired) electrons. The zero-order valence-corrected chi connectivity index (χ0v) is 21.3. The summed E-state index contributed by atoms with van der Waals surface area (Å²) in [7, 11) is 1.61. The van der Waals surface area contributed by atoms with E-state index in [0.717, 1.165) is 15.8 Å². The first-order valence-electron chi connectivity index (χ1n) is 12.7. The summed E-state index contributed by atoms with van der Waals surface area (Å²) in [5, 5.41) is 17.5. The molecule has 1 aliphatic carbocycles. The summed E-state index contributed by atoms with van der Waals surface area (Å²) in [6.07, 6.45) is 4.81. The van der Waals surface area contributed by atoms with E-state index in [4.69, 9.17) is 9.47 Å². The number of halogens is 1. The van der Waals surface area contributed by atoms with Crippen molar-refractivity contribution in [1.82, 2.24) is 15.1 Å². The second-order valence-corrected chi connectivity index (χ2v) is 10.6. The second-order valence-electron chi connectivity index (χ2n) is 10.6. The van der Waals surface area contributed by atoms with Crippen LogP contribution in [0, 0.1) is 23.1 Å². The van der Waals surface area contributed by atoms with E-state index in [0.29, 0.717) is 49.5 Å². The maximum Gasteiger partial charge on any atom is 0.342 e. The van der Waals surface area contributed by atoms with Gasteiger partial charge in [-0.05, 0) is 54.3 Å². The van der Waals surface area contributed by atoms with Crippen molar-refractivity contribution in [2.24, 2.45) is 5.41 Å². The van der Waals surface area contributed by atoms with E-state index in [1.807, 2.05) is 0 Å². The van der Waals surface area contributed by atoms with E-state index in [-0.39, 0.29) is 23.7 Å². The number of rotatable bonds is 3. The predicted octanol–water partition coefficient (Wildman–Crippen LogP) is 2.49. The molecule has 2 aliphatic heterocycles. The molecular formula is C29H27FN4O5. The second kappa shape index (κ2) is 9.52. The molecule has 3 aromatic rings. The largest absolute Gasteiger partial charge is 0.489 e. The van der Waals surface area contributed by atoms with Gasteiger partial charge in [-0.2, -0.15) is 9.78 Å². The van der Waals surface area contributed by atoms with Gasteiger partial charge in [-0.15, -0.1) is 0 Å². The molecule has 2 N–H and O–H groups in total. The van der Waals surface area contributed by atoms with Crippen LogP contribution in [-0.2, 0) is 16.0 Å². The molecule has 39 heavy (non-hydrogen) atoms. The third kappa shape index (κ3) is 4.99. The van der Waals surface area contributed by atoms with Crippen molar-refractivity contribution in [3.05, 3.63) is 77.4 Å². The molecule has 10 heteroatoms. The van der Waals surface area contributed by atoms with Crippen LogP contribution in [0.25, 0.3) is 0 Å². The van der Waals surface area contributed by atoms with Crippen molar-refractivity contribution >= 4 is 17.6 Å². The maximum atomic E-state index is 13.2. The first kappa shape index (κ1) is 25.1. The summed E-state index contributed by atoms with van der Waals surface area (Å²) in [4.78, 5) is 27.5. The van der Waals surface area contributed by atoms with E-state index in [1.54, 1.807) is 49.8 Å². The number of hydrogen-bond donors (Lipinski definition) is 2. The molecule has 1 aromatic heterocycles. The number of benzene rings is 2. The van der Waals surface area contributed by atoms with Gasteiger partial charge < -0.3 is 24.8 Å². The van der Waals surface area contributed by atoms with Gasteiger partial charge in [-0.3, -0.25) is 4.79 Å². The number of aromatic nitrogens is 2. The van der Waals surface area contributed by atoms with Crippen LogP contribution in [-0.4, -0.2) is 65.3 Å². The fourth-order valence-electron chi connectivity index (χ4n) is 5.36. The molecule has 6 rings (SSSR count). The summed E-state index contributed by atoms with van der Waals surface area (Å²) in [6, 6.07) is 9.85. The summed E-state index contributed by atoms with van der Waals surface area (Å²) in [6.45, 7) is 1.30. The minimum Gasteiger partial charge on any atom is -0.489 e. The highest BCUT2D eigenvalue weighted by Crippen LogP contribution is 2.52. The van der Waals surface area contributed by atoms with Crippen LogP contribution < -0.4 is 15.0 Å². The smallest absolute Gasteiger partial charge is 0.342 e. The highest BCUT2D eigenvalue weighted by Gasteiger charge is 2.57. The molecule has 2 aromatic carbocycles. The monoisotopic (exact) mass is 530 g/mol. The van der Waals surface area contributed by atoms with Crippen LogP contribution in [0.3, 0.4) is 0 Å². The van der Waals surface area contributed by atoms with Gasteiger partial charge in [0.25, 0.3) is 5.91 Å². The van der Waals surface area contributed by atoms with Gasteiger partial charge in [0.2, 0.25) is 0 Å². The molecule has 0 unspecified atom stereocenters. The number of aliphatic hydroxyl groups is 1. The van der Waals surface area contributed by atoms with Crippen molar-refractivity contribution in [2.45, 2.75) is 30.9 Å². The Morgan fingerprint density at radius 3 is 2.69 bits per heavy atom. The van der Waals surface area contributed by atoms with Crippen molar-refractivity contribution in [3.63, 3.8) is 0 Å². The highest BCUT2D eigenvalue weighted by molar-refractivity contribution is 6.00. The standard InChI is InChI=1S/C29H27FN4O5/c1-33-24-11-20(8-9-29(37)15-28(16-29)17-38-18-28)4-7-25(24)39-14-23(26(33)35)32-27(36)34-13-21(12-31-34)10-19-2-5-22(30)6-3-19/h2-7,11-13,23,37H,10,14-18H2,1H3,(H,32,36)/t23-/m0/s1. The van der Waals surface area contributed by atoms with Gasteiger partial charge in [-0.1, -0.05) is 24.0 Å². The third-order valence-corrected chi connectivity index (χ3v) is 7.41. The molecule has 1 spiro atoms. The lowest BCUT2D eigenvalue weighted by molar-refractivity contribution is -0.219. The Balaban J connectivity index is 1.11. The van der Waals surface area contributed by atoms with E-state index in [1.165, 1.54) is 17.0 Å². The summed E-state index contributed by atoms with van der Waals surface area (Å²) < 4.78 is 25.4. The Hall–Kier alpha value is -4.20. The van der Waals surface area contributed by atoms with Gasteiger partial charge in [0.05, 0.1) is 25.1 Å². The topological polar surface area (TPSA) is 106 Å². The minimum atomic E-state index is -1.02. The van der Waals surface area contributed by atoms with Gasteiger partial charge >= 0.3 is 6.03 Å². The first-order chi connectivity index (χ1) is 18.7. The molecule has 1 saturated carbocycles. The number of amides is 2. The van der Waals surface area contributed by atoms with E-state index in [2.05, 4.69) is 22.3 Å². The highest BCUT2D eigenvalue weighted by atomic mass is 19.1. The number of nitrogens with one attached hydrogen (secondary N) is 1. The molecule has 3 aliphatic rings. The van der Waals surface area contributed by atoms with E-state index in [9.17, 15) is 19.1 Å². The van der Waals surface area contributed by atoms with E-state index >= 15 is 0 Å². The van der Waals surface area contributed by atoms with Crippen molar-refractivity contribution in [3.8, 4) is 17.6 Å². The maximum absolute atomic E-state index is 13.2. The van der Waals surface area contributed by atoms with Crippen LogP contribution in [0.2, 0.25) is 0 Å². The number of likely N-dealkylation sites (N-methyl/N-ethyl adjacent to an activating group) is 1. The summed E-state index contributed by atoms with van der Waals surface area (Å²) >= 11 is 0. The van der Waals surface area contributed by atoms with Crippen molar-refractivity contribution in [2.75, 3.05) is 31.8 Å². The molecule has 9 nitrogen and oxygen atoms in total. The number of carbonyl (C=O) groups excluding carboxylic acids is 2. The van der Waals surface area contributed by atoms with Crippen LogP contribution in [0.1, 0.15) is 29.5 Å². The molecule has 2 amide bonds. The Morgan fingerprint density at radius 1 is 1.21 bits per heavy atom. The van der Waals surface area contributed by atoms with Crippen LogP contribution >= 0.6 is 0 Å². The number of ether oxygens (including phenoxy) is 2. The Kier molecular flexibility index (Phi) is 6.13. The number of carbonyl (C=O) groups is 2. The summed E-state index contributed by atoms with van der Waals surface area (Å²) in [5.74, 6) is 5.83. The van der Waals surface area contributed by atoms with Gasteiger partial charge in [-0.25, -0.2) is 9.18 Å². The molecule has 200 valence electrons. The van der Waals surface area contributed by atoms with Crippen LogP contribution in [0.4, 0.5) is 14.9 Å². The molecular weight excluding hydrogens is 503 g/mol. The molecule has 0 bridgehead atoms. The van der Waals surface area contributed by atoms with Gasteiger partial charge in [0.15, 0.2) is 0 Å². The fourth-order valence-corrected chi connectivity index (χ4v) is 5.36. The number of hydrogen-bond acceptors (Lipinski definition) is 6. The number of fused-ring (bicyclic) bond motifs is 1. The Bertz CT molecular complexity index is 1490. The third-order valence-electron chi connectivity index (χ3n) is 7.41. The lowest BCUT2D eigenvalue weighted by atomic mass is 9.58.